The first-order valence-electron chi connectivity index (χ1n) is 6.89. The highest BCUT2D eigenvalue weighted by Gasteiger charge is 2.12. The predicted molar refractivity (Wildman–Crippen MR) is 78.1 cm³/mol. The Balaban J connectivity index is 2.08. The summed E-state index contributed by atoms with van der Waals surface area (Å²) in [6.07, 6.45) is 2.02. The van der Waals surface area contributed by atoms with Gasteiger partial charge >= 0.3 is 0 Å². The van der Waals surface area contributed by atoms with Crippen molar-refractivity contribution in [2.24, 2.45) is 0 Å². The van der Waals surface area contributed by atoms with Gasteiger partial charge in [0.15, 0.2) is 0 Å². The van der Waals surface area contributed by atoms with Crippen LogP contribution in [0.2, 0.25) is 0 Å². The number of ketones is 1. The van der Waals surface area contributed by atoms with Crippen LogP contribution < -0.4 is 0 Å². The van der Waals surface area contributed by atoms with Crippen LogP contribution >= 0.6 is 0 Å². The van der Waals surface area contributed by atoms with Gasteiger partial charge in [0, 0.05) is 12.8 Å². The molecule has 0 bridgehead atoms. The number of aliphatic hydroxyl groups excluding tert-OH is 1. The smallest absolute Gasteiger partial charge is 0.135 e. The summed E-state index contributed by atoms with van der Waals surface area (Å²) in [5.41, 5.74) is 0.823. The summed E-state index contributed by atoms with van der Waals surface area (Å²) in [5, 5.41) is 12.4. The van der Waals surface area contributed by atoms with Crippen molar-refractivity contribution in [1.29, 1.82) is 0 Å². The zero-order valence-electron chi connectivity index (χ0n) is 11.3. The van der Waals surface area contributed by atoms with Crippen LogP contribution in [0.5, 0.6) is 0 Å². The maximum atomic E-state index is 11.7. The lowest BCUT2D eigenvalue weighted by Gasteiger charge is -2.11. The summed E-state index contributed by atoms with van der Waals surface area (Å²) in [6.45, 7) is 2.06. The average molecular weight is 256 g/mol. The van der Waals surface area contributed by atoms with Gasteiger partial charge in [-0.25, -0.2) is 0 Å². The van der Waals surface area contributed by atoms with Crippen molar-refractivity contribution in [3.05, 3.63) is 48.0 Å². The third-order valence-electron chi connectivity index (χ3n) is 3.39. The molecular formula is C17H20O2. The summed E-state index contributed by atoms with van der Waals surface area (Å²) >= 11 is 0. The van der Waals surface area contributed by atoms with E-state index in [1.54, 1.807) is 0 Å². The van der Waals surface area contributed by atoms with E-state index >= 15 is 0 Å². The molecule has 0 amide bonds. The number of carbonyl (C=O) groups is 1. The van der Waals surface area contributed by atoms with Crippen LogP contribution in [0, 0.1) is 0 Å². The number of unbranched alkanes of at least 4 members (excludes halogenated alkanes) is 1. The molecule has 0 heterocycles. The Hall–Kier alpha value is -1.67. The number of Topliss-reactive ketones (excluding diaryl/α,β-unsaturated/α-hetero) is 1. The van der Waals surface area contributed by atoms with Crippen LogP contribution in [0.4, 0.5) is 0 Å². The molecule has 0 aliphatic carbocycles. The van der Waals surface area contributed by atoms with Gasteiger partial charge in [-0.15, -0.1) is 0 Å². The monoisotopic (exact) mass is 256 g/mol. The summed E-state index contributed by atoms with van der Waals surface area (Å²) in [7, 11) is 0. The highest BCUT2D eigenvalue weighted by Crippen LogP contribution is 2.23. The highest BCUT2D eigenvalue weighted by atomic mass is 16.3. The van der Waals surface area contributed by atoms with E-state index in [0.29, 0.717) is 6.42 Å². The van der Waals surface area contributed by atoms with Crippen LogP contribution in [0.3, 0.4) is 0 Å². The second kappa shape index (κ2) is 6.48. The molecule has 0 aliphatic heterocycles. The largest absolute Gasteiger partial charge is 0.388 e. The average Bonchev–Trinajstić information content (AvgIpc) is 2.44. The van der Waals surface area contributed by atoms with Crippen LogP contribution in [0.25, 0.3) is 10.8 Å². The van der Waals surface area contributed by atoms with E-state index in [4.69, 9.17) is 0 Å². The van der Waals surface area contributed by atoms with Crippen LogP contribution in [-0.4, -0.2) is 10.9 Å². The molecule has 0 saturated carbocycles. The summed E-state index contributed by atoms with van der Waals surface area (Å²) in [4.78, 5) is 11.7. The molecule has 0 fully saturated rings. The van der Waals surface area contributed by atoms with Crippen molar-refractivity contribution in [3.8, 4) is 0 Å². The van der Waals surface area contributed by atoms with Crippen LogP contribution in [-0.2, 0) is 4.79 Å². The molecule has 19 heavy (non-hydrogen) atoms. The SMILES string of the molecule is CCCCC(=O)C[C@@H](O)c1ccc2ccccc2c1. The first-order valence-corrected chi connectivity index (χ1v) is 6.89. The fraction of sp³-hybridized carbons (Fsp3) is 0.353. The van der Waals surface area contributed by atoms with Gasteiger partial charge in [0.05, 0.1) is 6.10 Å². The molecule has 0 unspecified atom stereocenters. The third kappa shape index (κ3) is 3.65. The lowest BCUT2D eigenvalue weighted by atomic mass is 9.99. The molecule has 2 heteroatoms. The van der Waals surface area contributed by atoms with E-state index in [-0.39, 0.29) is 12.2 Å². The first-order chi connectivity index (χ1) is 9.20. The summed E-state index contributed by atoms with van der Waals surface area (Å²) < 4.78 is 0. The number of hydrogen-bond donors (Lipinski definition) is 1. The maximum Gasteiger partial charge on any atom is 0.135 e. The normalized spacial score (nSPS) is 12.5. The molecule has 1 N–H and O–H groups in total. The van der Waals surface area contributed by atoms with Gasteiger partial charge in [0.25, 0.3) is 0 Å². The van der Waals surface area contributed by atoms with Gasteiger partial charge in [-0.05, 0) is 28.8 Å². The molecule has 0 saturated heterocycles. The van der Waals surface area contributed by atoms with Crippen LogP contribution in [0.1, 0.15) is 44.3 Å². The number of aliphatic hydroxyl groups is 1. The maximum absolute atomic E-state index is 11.7. The van der Waals surface area contributed by atoms with Gasteiger partial charge in [0.2, 0.25) is 0 Å². The zero-order chi connectivity index (χ0) is 13.7. The number of hydrogen-bond acceptors (Lipinski definition) is 2. The molecule has 100 valence electrons. The Morgan fingerprint density at radius 1 is 1.16 bits per heavy atom. The molecular weight excluding hydrogens is 236 g/mol. The number of carbonyl (C=O) groups excluding carboxylic acids is 1. The fourth-order valence-electron chi connectivity index (χ4n) is 2.22. The zero-order valence-corrected chi connectivity index (χ0v) is 11.3. The first kappa shape index (κ1) is 13.8. The Bertz CT molecular complexity index is 560. The Morgan fingerprint density at radius 3 is 2.63 bits per heavy atom. The number of fused-ring (bicyclic) bond motifs is 1. The van der Waals surface area contributed by atoms with Gasteiger partial charge in [-0.2, -0.15) is 0 Å². The highest BCUT2D eigenvalue weighted by molar-refractivity contribution is 5.83. The Morgan fingerprint density at radius 2 is 1.89 bits per heavy atom. The molecule has 0 aromatic heterocycles. The van der Waals surface area contributed by atoms with E-state index in [1.165, 1.54) is 0 Å². The molecule has 2 nitrogen and oxygen atoms in total. The molecule has 2 aromatic rings. The lowest BCUT2D eigenvalue weighted by molar-refractivity contribution is -0.121. The molecule has 0 radical (unpaired) electrons. The topological polar surface area (TPSA) is 37.3 Å². The van der Waals surface area contributed by atoms with E-state index in [2.05, 4.69) is 6.92 Å². The van der Waals surface area contributed by atoms with E-state index in [0.717, 1.165) is 29.2 Å². The molecule has 2 aromatic carbocycles. The minimum atomic E-state index is -0.686. The van der Waals surface area contributed by atoms with Crippen molar-refractivity contribution in [3.63, 3.8) is 0 Å². The van der Waals surface area contributed by atoms with E-state index < -0.39 is 6.10 Å². The second-order valence-corrected chi connectivity index (χ2v) is 4.97. The van der Waals surface area contributed by atoms with Crippen molar-refractivity contribution in [2.45, 2.75) is 38.7 Å². The lowest BCUT2D eigenvalue weighted by Crippen LogP contribution is -2.06. The van der Waals surface area contributed by atoms with Gasteiger partial charge in [0.1, 0.15) is 5.78 Å². The van der Waals surface area contributed by atoms with Gasteiger partial charge in [-0.1, -0.05) is 49.7 Å². The molecule has 2 rings (SSSR count). The Kier molecular flexibility index (Phi) is 4.69. The quantitative estimate of drug-likeness (QED) is 0.847. The second-order valence-electron chi connectivity index (χ2n) is 4.97. The molecule has 0 spiro atoms. The molecule has 1 atom stereocenters. The fourth-order valence-corrected chi connectivity index (χ4v) is 2.22. The number of benzene rings is 2. The minimum absolute atomic E-state index is 0.141. The predicted octanol–water partition coefficient (Wildman–Crippen LogP) is 4.02. The van der Waals surface area contributed by atoms with Gasteiger partial charge in [-0.3, -0.25) is 4.79 Å². The number of rotatable bonds is 6. The van der Waals surface area contributed by atoms with Crippen molar-refractivity contribution < 1.29 is 9.90 Å². The van der Waals surface area contributed by atoms with Crippen LogP contribution in [0.15, 0.2) is 42.5 Å². The summed E-state index contributed by atoms with van der Waals surface area (Å²) in [5.74, 6) is 0.141. The summed E-state index contributed by atoms with van der Waals surface area (Å²) in [6, 6.07) is 13.9. The van der Waals surface area contributed by atoms with Gasteiger partial charge < -0.3 is 5.11 Å². The van der Waals surface area contributed by atoms with Crippen molar-refractivity contribution in [1.82, 2.24) is 0 Å². The third-order valence-corrected chi connectivity index (χ3v) is 3.39. The standard InChI is InChI=1S/C17H20O2/c1-2-3-8-16(18)12-17(19)15-10-9-13-6-4-5-7-14(13)11-15/h4-7,9-11,17,19H,2-3,8,12H2,1H3/t17-/m1/s1. The Labute approximate surface area is 114 Å². The minimum Gasteiger partial charge on any atom is -0.388 e. The van der Waals surface area contributed by atoms with Crippen molar-refractivity contribution >= 4 is 16.6 Å². The van der Waals surface area contributed by atoms with E-state index in [1.807, 2.05) is 42.5 Å². The van der Waals surface area contributed by atoms with Crippen molar-refractivity contribution in [2.75, 3.05) is 0 Å². The van der Waals surface area contributed by atoms with E-state index in [9.17, 15) is 9.90 Å². The molecule has 0 aliphatic rings.